The highest BCUT2D eigenvalue weighted by molar-refractivity contribution is 5.77. The molecule has 1 heterocycles. The minimum absolute atomic E-state index is 0.286. The van der Waals surface area contributed by atoms with E-state index in [1.165, 1.54) is 7.11 Å². The molecule has 0 aromatic carbocycles. The van der Waals surface area contributed by atoms with E-state index in [1.807, 2.05) is 24.7 Å². The predicted octanol–water partition coefficient (Wildman–Crippen LogP) is 0.897. The van der Waals surface area contributed by atoms with E-state index in [4.69, 9.17) is 0 Å². The van der Waals surface area contributed by atoms with Crippen LogP contribution in [0.5, 0.6) is 0 Å². The molecule has 0 bridgehead atoms. The molecule has 84 valence electrons. The maximum absolute atomic E-state index is 11.4. The highest BCUT2D eigenvalue weighted by Gasteiger charge is 2.20. The van der Waals surface area contributed by atoms with E-state index in [1.54, 1.807) is 13.2 Å². The number of esters is 1. The molecule has 0 fully saturated rings. The first-order valence-corrected chi connectivity index (χ1v) is 4.89. The molecule has 0 aliphatic carbocycles. The third-order valence-electron chi connectivity index (χ3n) is 2.21. The van der Waals surface area contributed by atoms with Crippen molar-refractivity contribution in [1.29, 1.82) is 0 Å². The number of hydrogen-bond acceptors (Lipinski definition) is 4. The molecule has 5 nitrogen and oxygen atoms in total. The molecule has 0 aliphatic rings. The SMILES string of the molecule is CNC(C(=O)OC)c1cnn(C(C)C)c1. The van der Waals surface area contributed by atoms with Crippen LogP contribution in [-0.4, -0.2) is 29.9 Å². The van der Waals surface area contributed by atoms with Crippen molar-refractivity contribution in [3.8, 4) is 0 Å². The molecule has 1 aromatic rings. The lowest BCUT2D eigenvalue weighted by molar-refractivity contribution is -0.143. The van der Waals surface area contributed by atoms with Crippen LogP contribution in [0.15, 0.2) is 12.4 Å². The Kier molecular flexibility index (Phi) is 3.85. The number of nitrogens with one attached hydrogen (secondary N) is 1. The van der Waals surface area contributed by atoms with Crippen LogP contribution in [0.25, 0.3) is 0 Å². The molecule has 1 rings (SSSR count). The molecule has 5 heteroatoms. The zero-order chi connectivity index (χ0) is 11.4. The third-order valence-corrected chi connectivity index (χ3v) is 2.21. The second-order valence-electron chi connectivity index (χ2n) is 3.59. The summed E-state index contributed by atoms with van der Waals surface area (Å²) in [6, 6.07) is -0.156. The summed E-state index contributed by atoms with van der Waals surface area (Å²) < 4.78 is 6.50. The van der Waals surface area contributed by atoms with Gasteiger partial charge < -0.3 is 10.1 Å². The number of carbonyl (C=O) groups is 1. The van der Waals surface area contributed by atoms with Gasteiger partial charge in [0, 0.05) is 17.8 Å². The van der Waals surface area contributed by atoms with Crippen molar-refractivity contribution in [1.82, 2.24) is 15.1 Å². The molecule has 1 unspecified atom stereocenters. The number of rotatable bonds is 4. The van der Waals surface area contributed by atoms with Crippen molar-refractivity contribution in [3.63, 3.8) is 0 Å². The van der Waals surface area contributed by atoms with Crippen LogP contribution >= 0.6 is 0 Å². The largest absolute Gasteiger partial charge is 0.468 e. The second kappa shape index (κ2) is 4.93. The Balaban J connectivity index is 2.88. The van der Waals surface area contributed by atoms with Crippen molar-refractivity contribution < 1.29 is 9.53 Å². The molecule has 0 saturated carbocycles. The Bertz CT molecular complexity index is 333. The van der Waals surface area contributed by atoms with Gasteiger partial charge in [0.25, 0.3) is 0 Å². The van der Waals surface area contributed by atoms with Crippen LogP contribution in [0, 0.1) is 0 Å². The normalized spacial score (nSPS) is 12.9. The molecule has 15 heavy (non-hydrogen) atoms. The highest BCUT2D eigenvalue weighted by atomic mass is 16.5. The lowest BCUT2D eigenvalue weighted by atomic mass is 10.1. The van der Waals surface area contributed by atoms with Gasteiger partial charge in [-0.25, -0.2) is 4.79 Å². The van der Waals surface area contributed by atoms with E-state index < -0.39 is 6.04 Å². The number of ether oxygens (including phenoxy) is 1. The summed E-state index contributed by atoms with van der Waals surface area (Å²) in [5.41, 5.74) is 0.818. The van der Waals surface area contributed by atoms with Gasteiger partial charge in [0.2, 0.25) is 0 Å². The standard InChI is InChI=1S/C10H17N3O2/c1-7(2)13-6-8(5-12-13)9(11-3)10(14)15-4/h5-7,9,11H,1-4H3. The number of aromatic nitrogens is 2. The van der Waals surface area contributed by atoms with Crippen LogP contribution in [0.3, 0.4) is 0 Å². The van der Waals surface area contributed by atoms with Gasteiger partial charge in [-0.1, -0.05) is 0 Å². The Hall–Kier alpha value is -1.36. The molecule has 0 spiro atoms. The molecule has 1 atom stereocenters. The van der Waals surface area contributed by atoms with Crippen molar-refractivity contribution in [2.45, 2.75) is 25.9 Å². The summed E-state index contributed by atoms with van der Waals surface area (Å²) in [5.74, 6) is -0.305. The topological polar surface area (TPSA) is 56.1 Å². The lowest BCUT2D eigenvalue weighted by Gasteiger charge is -2.11. The molecule has 0 radical (unpaired) electrons. The van der Waals surface area contributed by atoms with Gasteiger partial charge in [0.1, 0.15) is 6.04 Å². The maximum atomic E-state index is 11.4. The van der Waals surface area contributed by atoms with E-state index in [2.05, 4.69) is 15.2 Å². The van der Waals surface area contributed by atoms with Gasteiger partial charge >= 0.3 is 5.97 Å². The first kappa shape index (κ1) is 11.7. The van der Waals surface area contributed by atoms with Gasteiger partial charge in [-0.05, 0) is 20.9 Å². The number of methoxy groups -OCH3 is 1. The van der Waals surface area contributed by atoms with Crippen LogP contribution < -0.4 is 5.32 Å². The lowest BCUT2D eigenvalue weighted by Crippen LogP contribution is -2.26. The quantitative estimate of drug-likeness (QED) is 0.752. The molecule has 0 aliphatic heterocycles. The summed E-state index contributed by atoms with van der Waals surface area (Å²) in [7, 11) is 3.09. The van der Waals surface area contributed by atoms with Crippen molar-refractivity contribution in [3.05, 3.63) is 18.0 Å². The summed E-state index contributed by atoms with van der Waals surface area (Å²) in [6.45, 7) is 4.06. The molecular formula is C10H17N3O2. The molecule has 1 N–H and O–H groups in total. The zero-order valence-corrected chi connectivity index (χ0v) is 9.52. The number of hydrogen-bond donors (Lipinski definition) is 1. The summed E-state index contributed by atoms with van der Waals surface area (Å²) in [4.78, 5) is 11.4. The summed E-state index contributed by atoms with van der Waals surface area (Å²) in [5, 5.41) is 7.06. The number of nitrogens with zero attached hydrogens (tertiary/aromatic N) is 2. The molecule has 0 saturated heterocycles. The fraction of sp³-hybridized carbons (Fsp3) is 0.600. The second-order valence-corrected chi connectivity index (χ2v) is 3.59. The zero-order valence-electron chi connectivity index (χ0n) is 9.52. The Labute approximate surface area is 89.4 Å². The third kappa shape index (κ3) is 2.56. The highest BCUT2D eigenvalue weighted by Crippen LogP contribution is 2.14. The first-order valence-electron chi connectivity index (χ1n) is 4.89. The van der Waals surface area contributed by atoms with Crippen LogP contribution in [0.4, 0.5) is 0 Å². The number of carbonyl (C=O) groups excluding carboxylic acids is 1. The Morgan fingerprint density at radius 3 is 2.67 bits per heavy atom. The van der Waals surface area contributed by atoms with Gasteiger partial charge in [0.05, 0.1) is 13.3 Å². The number of likely N-dealkylation sites (N-methyl/N-ethyl adjacent to an activating group) is 1. The minimum atomic E-state index is -0.442. The van der Waals surface area contributed by atoms with Crippen LogP contribution in [0.1, 0.15) is 31.5 Å². The molecule has 1 aromatic heterocycles. The molecule has 0 amide bonds. The van der Waals surface area contributed by atoms with Crippen molar-refractivity contribution in [2.24, 2.45) is 0 Å². The average Bonchev–Trinajstić information content (AvgIpc) is 2.68. The van der Waals surface area contributed by atoms with Crippen LogP contribution in [0.2, 0.25) is 0 Å². The smallest absolute Gasteiger partial charge is 0.327 e. The van der Waals surface area contributed by atoms with Gasteiger partial charge in [0.15, 0.2) is 0 Å². The van der Waals surface area contributed by atoms with Crippen LogP contribution in [-0.2, 0) is 9.53 Å². The monoisotopic (exact) mass is 211 g/mol. The fourth-order valence-electron chi connectivity index (χ4n) is 1.32. The average molecular weight is 211 g/mol. The van der Waals surface area contributed by atoms with E-state index in [0.717, 1.165) is 5.56 Å². The first-order chi connectivity index (χ1) is 7.10. The fourth-order valence-corrected chi connectivity index (χ4v) is 1.32. The van der Waals surface area contributed by atoms with Gasteiger partial charge in [-0.2, -0.15) is 5.10 Å². The minimum Gasteiger partial charge on any atom is -0.468 e. The molecular weight excluding hydrogens is 194 g/mol. The summed E-state index contributed by atoms with van der Waals surface area (Å²) >= 11 is 0. The maximum Gasteiger partial charge on any atom is 0.327 e. The van der Waals surface area contributed by atoms with Crippen molar-refractivity contribution in [2.75, 3.05) is 14.2 Å². The van der Waals surface area contributed by atoms with E-state index in [0.29, 0.717) is 0 Å². The van der Waals surface area contributed by atoms with E-state index in [-0.39, 0.29) is 12.0 Å². The Morgan fingerprint density at radius 2 is 2.27 bits per heavy atom. The summed E-state index contributed by atoms with van der Waals surface area (Å²) in [6.07, 6.45) is 3.53. The van der Waals surface area contributed by atoms with E-state index in [9.17, 15) is 4.79 Å². The van der Waals surface area contributed by atoms with Crippen molar-refractivity contribution >= 4 is 5.97 Å². The van der Waals surface area contributed by atoms with Gasteiger partial charge in [-0.15, -0.1) is 0 Å². The van der Waals surface area contributed by atoms with Gasteiger partial charge in [-0.3, -0.25) is 4.68 Å². The predicted molar refractivity (Wildman–Crippen MR) is 56.4 cm³/mol. The Morgan fingerprint density at radius 1 is 1.60 bits per heavy atom. The van der Waals surface area contributed by atoms with E-state index >= 15 is 0 Å².